The van der Waals surface area contributed by atoms with Crippen LogP contribution in [0.5, 0.6) is 5.75 Å². The number of sulfonamides is 1. The molecule has 2 aromatic rings. The zero-order valence-electron chi connectivity index (χ0n) is 17.0. The maximum absolute atomic E-state index is 12.5. The molecular weight excluding hydrogens is 421 g/mol. The summed E-state index contributed by atoms with van der Waals surface area (Å²) in [5.74, 6) is -0.402. The molecule has 0 radical (unpaired) electrons. The molecule has 0 aliphatic rings. The highest BCUT2D eigenvalue weighted by Gasteiger charge is 2.28. The summed E-state index contributed by atoms with van der Waals surface area (Å²) in [6.45, 7) is 2.13. The van der Waals surface area contributed by atoms with E-state index in [4.69, 9.17) is 0 Å². The minimum Gasteiger partial charge on any atom is -0.484 e. The molecule has 0 aliphatic heterocycles. The lowest BCUT2D eigenvalue weighted by molar-refractivity contribution is -0.153. The van der Waals surface area contributed by atoms with E-state index in [-0.39, 0.29) is 22.8 Å². The number of amides is 1. The van der Waals surface area contributed by atoms with Gasteiger partial charge in [-0.2, -0.15) is 13.2 Å². The van der Waals surface area contributed by atoms with Gasteiger partial charge in [0.15, 0.2) is 6.61 Å². The van der Waals surface area contributed by atoms with E-state index in [0.29, 0.717) is 16.7 Å². The monoisotopic (exact) mass is 444 g/mol. The molecule has 0 bridgehead atoms. The summed E-state index contributed by atoms with van der Waals surface area (Å²) in [6.07, 6.45) is -4.42. The number of nitrogens with zero attached hydrogens (tertiary/aromatic N) is 1. The third-order valence-electron chi connectivity index (χ3n) is 4.42. The SMILES string of the molecule is Cc1cc(C(=O)NCc2ccc(OCC(F)(F)F)cc2)cc(S(=O)(=O)N(C)C)c1C. The second kappa shape index (κ2) is 9.05. The molecule has 0 aromatic heterocycles. The molecule has 0 aliphatic carbocycles. The first kappa shape index (κ1) is 23.7. The van der Waals surface area contributed by atoms with Crippen molar-refractivity contribution in [3.63, 3.8) is 0 Å². The number of aryl methyl sites for hydroxylation is 1. The van der Waals surface area contributed by atoms with Crippen LogP contribution in [0, 0.1) is 13.8 Å². The number of halogens is 3. The van der Waals surface area contributed by atoms with E-state index in [2.05, 4.69) is 10.1 Å². The van der Waals surface area contributed by atoms with E-state index in [0.717, 1.165) is 4.31 Å². The Bertz CT molecular complexity index is 1020. The Kier molecular flexibility index (Phi) is 7.14. The number of carbonyl (C=O) groups excluding carboxylic acids is 1. The lowest BCUT2D eigenvalue weighted by Crippen LogP contribution is -2.26. The molecule has 0 spiro atoms. The highest BCUT2D eigenvalue weighted by molar-refractivity contribution is 7.89. The molecule has 2 rings (SSSR count). The highest BCUT2D eigenvalue weighted by Crippen LogP contribution is 2.23. The topological polar surface area (TPSA) is 75.7 Å². The van der Waals surface area contributed by atoms with Gasteiger partial charge < -0.3 is 10.1 Å². The van der Waals surface area contributed by atoms with E-state index in [1.807, 2.05) is 0 Å². The van der Waals surface area contributed by atoms with E-state index in [1.54, 1.807) is 19.9 Å². The minimum atomic E-state index is -4.42. The summed E-state index contributed by atoms with van der Waals surface area (Å²) in [4.78, 5) is 12.6. The smallest absolute Gasteiger partial charge is 0.422 e. The first-order valence-electron chi connectivity index (χ1n) is 8.92. The molecule has 6 nitrogen and oxygen atoms in total. The average molecular weight is 444 g/mol. The molecule has 0 saturated carbocycles. The maximum Gasteiger partial charge on any atom is 0.422 e. The number of hydrogen-bond acceptors (Lipinski definition) is 4. The van der Waals surface area contributed by atoms with Crippen LogP contribution >= 0.6 is 0 Å². The van der Waals surface area contributed by atoms with E-state index in [1.165, 1.54) is 44.4 Å². The molecule has 30 heavy (non-hydrogen) atoms. The van der Waals surface area contributed by atoms with Gasteiger partial charge in [0, 0.05) is 26.2 Å². The van der Waals surface area contributed by atoms with Crippen molar-refractivity contribution < 1.29 is 31.1 Å². The Morgan fingerprint density at radius 2 is 1.70 bits per heavy atom. The van der Waals surface area contributed by atoms with Crippen molar-refractivity contribution in [2.24, 2.45) is 0 Å². The van der Waals surface area contributed by atoms with E-state index < -0.39 is 28.7 Å². The first-order valence-corrected chi connectivity index (χ1v) is 10.4. The Morgan fingerprint density at radius 3 is 2.23 bits per heavy atom. The number of alkyl halides is 3. The standard InChI is InChI=1S/C20H23F3N2O4S/c1-13-9-16(10-18(14(13)2)30(27,28)25(3)4)19(26)24-11-15-5-7-17(8-6-15)29-12-20(21,22)23/h5-10H,11-12H2,1-4H3,(H,24,26). The third kappa shape index (κ3) is 5.96. The number of hydrogen-bond donors (Lipinski definition) is 1. The van der Waals surface area contributed by atoms with Crippen LogP contribution in [-0.2, 0) is 16.6 Å². The van der Waals surface area contributed by atoms with Crippen molar-refractivity contribution in [1.29, 1.82) is 0 Å². The predicted octanol–water partition coefficient (Wildman–Crippen LogP) is 3.42. The van der Waals surface area contributed by atoms with Gasteiger partial charge in [-0.3, -0.25) is 4.79 Å². The molecule has 1 amide bonds. The minimum absolute atomic E-state index is 0.0591. The number of rotatable bonds is 7. The van der Waals surface area contributed by atoms with Gasteiger partial charge in [0.25, 0.3) is 5.91 Å². The first-order chi connectivity index (χ1) is 13.8. The molecule has 0 heterocycles. The summed E-state index contributed by atoms with van der Waals surface area (Å²) in [5.41, 5.74) is 2.07. The van der Waals surface area contributed by atoms with Crippen molar-refractivity contribution in [3.8, 4) is 5.75 Å². The number of benzene rings is 2. The van der Waals surface area contributed by atoms with Crippen LogP contribution in [0.4, 0.5) is 13.2 Å². The van der Waals surface area contributed by atoms with E-state index >= 15 is 0 Å². The Hall–Kier alpha value is -2.59. The summed E-state index contributed by atoms with van der Waals surface area (Å²) in [5, 5.41) is 2.68. The fourth-order valence-corrected chi connectivity index (χ4v) is 3.79. The van der Waals surface area contributed by atoms with E-state index in [9.17, 15) is 26.4 Å². The van der Waals surface area contributed by atoms with Crippen LogP contribution in [0.2, 0.25) is 0 Å². The average Bonchev–Trinajstić information content (AvgIpc) is 2.66. The van der Waals surface area contributed by atoms with Crippen molar-refractivity contribution in [1.82, 2.24) is 9.62 Å². The van der Waals surface area contributed by atoms with Gasteiger partial charge in [0.05, 0.1) is 4.90 Å². The molecule has 10 heteroatoms. The summed E-state index contributed by atoms with van der Waals surface area (Å²) in [6, 6.07) is 8.77. The summed E-state index contributed by atoms with van der Waals surface area (Å²) < 4.78 is 67.3. The van der Waals surface area contributed by atoms with Crippen molar-refractivity contribution >= 4 is 15.9 Å². The number of nitrogens with one attached hydrogen (secondary N) is 1. The molecule has 0 atom stereocenters. The summed E-state index contributed by atoms with van der Waals surface area (Å²) >= 11 is 0. The van der Waals surface area contributed by atoms with Gasteiger partial charge >= 0.3 is 6.18 Å². The zero-order valence-corrected chi connectivity index (χ0v) is 17.8. The second-order valence-corrected chi connectivity index (χ2v) is 9.05. The zero-order chi connectivity index (χ0) is 22.7. The van der Waals surface area contributed by atoms with Gasteiger partial charge in [0.1, 0.15) is 5.75 Å². The Morgan fingerprint density at radius 1 is 1.10 bits per heavy atom. The number of carbonyl (C=O) groups is 1. The molecular formula is C20H23F3N2O4S. The normalized spacial score (nSPS) is 12.1. The van der Waals surface area contributed by atoms with Crippen molar-refractivity contribution in [2.45, 2.75) is 31.5 Å². The van der Waals surface area contributed by atoms with Gasteiger partial charge in [-0.05, 0) is 54.8 Å². The largest absolute Gasteiger partial charge is 0.484 e. The van der Waals surface area contributed by atoms with Gasteiger partial charge in [-0.25, -0.2) is 12.7 Å². The summed E-state index contributed by atoms with van der Waals surface area (Å²) in [7, 11) is -0.883. The second-order valence-electron chi connectivity index (χ2n) is 6.93. The Balaban J connectivity index is 2.11. The lowest BCUT2D eigenvalue weighted by Gasteiger charge is -2.16. The molecule has 0 saturated heterocycles. The van der Waals surface area contributed by atoms with Crippen LogP contribution in [-0.4, -0.2) is 45.5 Å². The molecule has 164 valence electrons. The molecule has 2 aromatic carbocycles. The van der Waals surface area contributed by atoms with Crippen LogP contribution < -0.4 is 10.1 Å². The lowest BCUT2D eigenvalue weighted by atomic mass is 10.1. The van der Waals surface area contributed by atoms with Crippen molar-refractivity contribution in [2.75, 3.05) is 20.7 Å². The number of ether oxygens (including phenoxy) is 1. The molecule has 0 fully saturated rings. The fraction of sp³-hybridized carbons (Fsp3) is 0.350. The maximum atomic E-state index is 12.5. The van der Waals surface area contributed by atoms with Crippen LogP contribution in [0.1, 0.15) is 27.0 Å². The predicted molar refractivity (Wildman–Crippen MR) is 106 cm³/mol. The third-order valence-corrected chi connectivity index (χ3v) is 6.36. The quantitative estimate of drug-likeness (QED) is 0.710. The highest BCUT2D eigenvalue weighted by atomic mass is 32.2. The fourth-order valence-electron chi connectivity index (χ4n) is 2.58. The van der Waals surface area contributed by atoms with Gasteiger partial charge in [-0.1, -0.05) is 12.1 Å². The Labute approximate surface area is 173 Å². The molecule has 0 unspecified atom stereocenters. The van der Waals surface area contributed by atoms with Gasteiger partial charge in [-0.15, -0.1) is 0 Å². The molecule has 1 N–H and O–H groups in total. The van der Waals surface area contributed by atoms with Crippen LogP contribution in [0.25, 0.3) is 0 Å². The van der Waals surface area contributed by atoms with Crippen LogP contribution in [0.3, 0.4) is 0 Å². The van der Waals surface area contributed by atoms with Crippen molar-refractivity contribution in [3.05, 3.63) is 58.7 Å². The van der Waals surface area contributed by atoms with Gasteiger partial charge in [0.2, 0.25) is 10.0 Å². The van der Waals surface area contributed by atoms with Crippen LogP contribution in [0.15, 0.2) is 41.3 Å².